The molecule has 0 spiro atoms. The largest absolute Gasteiger partial charge is 0.481 e. The van der Waals surface area contributed by atoms with Crippen LogP contribution in [0.5, 0.6) is 11.5 Å². The molecule has 1 aliphatic carbocycles. The second kappa shape index (κ2) is 5.11. The van der Waals surface area contributed by atoms with Crippen molar-refractivity contribution < 1.29 is 19.4 Å². The summed E-state index contributed by atoms with van der Waals surface area (Å²) in [6, 6.07) is 6.09. The summed E-state index contributed by atoms with van der Waals surface area (Å²) in [5, 5.41) is 8.99. The van der Waals surface area contributed by atoms with Crippen molar-refractivity contribution in [3.8, 4) is 11.5 Å². The predicted octanol–water partition coefficient (Wildman–Crippen LogP) is 2.85. The average molecular weight is 262 g/mol. The van der Waals surface area contributed by atoms with Crippen molar-refractivity contribution in [3.05, 3.63) is 23.8 Å². The lowest BCUT2D eigenvalue weighted by molar-refractivity contribution is -0.143. The van der Waals surface area contributed by atoms with Crippen LogP contribution in [0.15, 0.2) is 18.2 Å². The molecule has 0 amide bonds. The molecule has 1 N–H and O–H groups in total. The summed E-state index contributed by atoms with van der Waals surface area (Å²) in [6.45, 7) is 0.308. The summed E-state index contributed by atoms with van der Waals surface area (Å²) >= 11 is 0. The zero-order valence-corrected chi connectivity index (χ0v) is 10.8. The molecular formula is C15H18O4. The van der Waals surface area contributed by atoms with Gasteiger partial charge in [-0.05, 0) is 55.7 Å². The molecule has 3 rings (SSSR count). The zero-order valence-electron chi connectivity index (χ0n) is 10.8. The van der Waals surface area contributed by atoms with E-state index in [4.69, 9.17) is 14.6 Å². The number of rotatable bonds is 3. The van der Waals surface area contributed by atoms with E-state index in [2.05, 4.69) is 6.07 Å². The van der Waals surface area contributed by atoms with Crippen LogP contribution >= 0.6 is 0 Å². The highest BCUT2D eigenvalue weighted by molar-refractivity contribution is 5.70. The van der Waals surface area contributed by atoms with Gasteiger partial charge in [-0.1, -0.05) is 6.07 Å². The van der Waals surface area contributed by atoms with E-state index in [1.807, 2.05) is 12.1 Å². The molecular weight excluding hydrogens is 244 g/mol. The molecule has 0 unspecified atom stereocenters. The van der Waals surface area contributed by atoms with Gasteiger partial charge in [-0.25, -0.2) is 0 Å². The van der Waals surface area contributed by atoms with E-state index in [9.17, 15) is 4.79 Å². The van der Waals surface area contributed by atoms with Crippen LogP contribution in [0, 0.1) is 11.8 Å². The third-order valence-corrected chi connectivity index (χ3v) is 4.16. The Balaban J connectivity index is 1.59. The Morgan fingerprint density at radius 1 is 1.16 bits per heavy atom. The first-order valence-electron chi connectivity index (χ1n) is 6.83. The smallest absolute Gasteiger partial charge is 0.306 e. The van der Waals surface area contributed by atoms with Crippen LogP contribution in [0.3, 0.4) is 0 Å². The number of carbonyl (C=O) groups is 1. The van der Waals surface area contributed by atoms with Gasteiger partial charge in [-0.15, -0.1) is 0 Å². The van der Waals surface area contributed by atoms with Crippen LogP contribution in [-0.4, -0.2) is 17.9 Å². The summed E-state index contributed by atoms with van der Waals surface area (Å²) < 4.78 is 10.7. The summed E-state index contributed by atoms with van der Waals surface area (Å²) in [5.74, 6) is 1.47. The van der Waals surface area contributed by atoms with Gasteiger partial charge in [-0.2, -0.15) is 0 Å². The molecule has 1 aliphatic heterocycles. The number of ether oxygens (including phenoxy) is 2. The Kier molecular flexibility index (Phi) is 3.32. The molecule has 0 aromatic heterocycles. The van der Waals surface area contributed by atoms with Crippen molar-refractivity contribution in [1.82, 2.24) is 0 Å². The topological polar surface area (TPSA) is 55.8 Å². The number of fused-ring (bicyclic) bond motifs is 1. The summed E-state index contributed by atoms with van der Waals surface area (Å²) in [6.07, 6.45) is 4.63. The lowest BCUT2D eigenvalue weighted by Crippen LogP contribution is -2.22. The van der Waals surface area contributed by atoms with Gasteiger partial charge >= 0.3 is 5.97 Å². The molecule has 1 aromatic rings. The first kappa shape index (κ1) is 12.3. The van der Waals surface area contributed by atoms with Crippen LogP contribution < -0.4 is 9.47 Å². The summed E-state index contributed by atoms with van der Waals surface area (Å²) in [7, 11) is 0. The molecule has 1 heterocycles. The van der Waals surface area contributed by atoms with Crippen molar-refractivity contribution in [2.75, 3.05) is 6.79 Å². The molecule has 1 fully saturated rings. The Morgan fingerprint density at radius 2 is 1.89 bits per heavy atom. The molecule has 4 heteroatoms. The second-order valence-corrected chi connectivity index (χ2v) is 5.45. The van der Waals surface area contributed by atoms with Gasteiger partial charge in [0.05, 0.1) is 5.92 Å². The molecule has 2 aliphatic rings. The van der Waals surface area contributed by atoms with Gasteiger partial charge in [0.25, 0.3) is 0 Å². The van der Waals surface area contributed by atoms with Crippen molar-refractivity contribution >= 4 is 5.97 Å². The van der Waals surface area contributed by atoms with Crippen molar-refractivity contribution in [2.24, 2.45) is 11.8 Å². The van der Waals surface area contributed by atoms with E-state index in [0.717, 1.165) is 43.6 Å². The summed E-state index contributed by atoms with van der Waals surface area (Å²) in [5.41, 5.74) is 1.25. The first-order valence-corrected chi connectivity index (χ1v) is 6.83. The minimum atomic E-state index is -0.637. The van der Waals surface area contributed by atoms with E-state index in [-0.39, 0.29) is 5.92 Å². The molecule has 102 valence electrons. The number of aliphatic carboxylic acids is 1. The average Bonchev–Trinajstić information content (AvgIpc) is 2.87. The highest BCUT2D eigenvalue weighted by atomic mass is 16.7. The Bertz CT molecular complexity index is 475. The van der Waals surface area contributed by atoms with Crippen molar-refractivity contribution in [3.63, 3.8) is 0 Å². The number of benzene rings is 1. The van der Waals surface area contributed by atoms with Crippen LogP contribution in [0.1, 0.15) is 31.2 Å². The van der Waals surface area contributed by atoms with E-state index in [1.54, 1.807) is 0 Å². The van der Waals surface area contributed by atoms with Crippen LogP contribution in [0.25, 0.3) is 0 Å². The monoisotopic (exact) mass is 262 g/mol. The van der Waals surface area contributed by atoms with Gasteiger partial charge in [0, 0.05) is 0 Å². The predicted molar refractivity (Wildman–Crippen MR) is 69.4 cm³/mol. The Hall–Kier alpha value is -1.71. The minimum Gasteiger partial charge on any atom is -0.481 e. The van der Waals surface area contributed by atoms with E-state index in [1.165, 1.54) is 5.56 Å². The molecule has 0 atom stereocenters. The maximum Gasteiger partial charge on any atom is 0.306 e. The zero-order chi connectivity index (χ0) is 13.2. The fraction of sp³-hybridized carbons (Fsp3) is 0.533. The maximum atomic E-state index is 10.9. The highest BCUT2D eigenvalue weighted by Gasteiger charge is 2.26. The van der Waals surface area contributed by atoms with Gasteiger partial charge in [0.1, 0.15) is 0 Å². The highest BCUT2D eigenvalue weighted by Crippen LogP contribution is 2.35. The van der Waals surface area contributed by atoms with E-state index >= 15 is 0 Å². The van der Waals surface area contributed by atoms with Crippen LogP contribution in [-0.2, 0) is 11.2 Å². The van der Waals surface area contributed by atoms with Gasteiger partial charge in [-0.3, -0.25) is 4.79 Å². The van der Waals surface area contributed by atoms with E-state index in [0.29, 0.717) is 12.7 Å². The maximum absolute atomic E-state index is 10.9. The van der Waals surface area contributed by atoms with Crippen LogP contribution in [0.2, 0.25) is 0 Å². The van der Waals surface area contributed by atoms with Gasteiger partial charge in [0.15, 0.2) is 11.5 Å². The van der Waals surface area contributed by atoms with Crippen molar-refractivity contribution in [1.29, 1.82) is 0 Å². The van der Waals surface area contributed by atoms with E-state index < -0.39 is 5.97 Å². The number of hydrogen-bond donors (Lipinski definition) is 1. The fourth-order valence-corrected chi connectivity index (χ4v) is 3.01. The quantitative estimate of drug-likeness (QED) is 0.910. The second-order valence-electron chi connectivity index (χ2n) is 5.45. The number of carboxylic acids is 1. The normalized spacial score (nSPS) is 25.3. The standard InChI is InChI=1S/C15H18O4/c16-15(17)12-4-1-10(2-5-12)7-11-3-6-13-14(8-11)19-9-18-13/h3,6,8,10,12H,1-2,4-5,7,9H2,(H,16,17). The molecule has 0 saturated heterocycles. The molecule has 19 heavy (non-hydrogen) atoms. The molecule has 0 radical (unpaired) electrons. The van der Waals surface area contributed by atoms with Gasteiger partial charge < -0.3 is 14.6 Å². The van der Waals surface area contributed by atoms with Gasteiger partial charge in [0.2, 0.25) is 6.79 Å². The molecule has 1 aromatic carbocycles. The molecule has 1 saturated carbocycles. The Labute approximate surface area is 112 Å². The first-order chi connectivity index (χ1) is 9.22. The lowest BCUT2D eigenvalue weighted by atomic mass is 9.79. The minimum absolute atomic E-state index is 0.131. The number of carboxylic acid groups (broad SMARTS) is 1. The van der Waals surface area contributed by atoms with Crippen LogP contribution in [0.4, 0.5) is 0 Å². The molecule has 0 bridgehead atoms. The number of hydrogen-bond acceptors (Lipinski definition) is 3. The summed E-state index contributed by atoms with van der Waals surface area (Å²) in [4.78, 5) is 10.9. The Morgan fingerprint density at radius 3 is 2.63 bits per heavy atom. The SMILES string of the molecule is O=C(O)C1CCC(Cc2ccc3c(c2)OCO3)CC1. The molecule has 4 nitrogen and oxygen atoms in total. The van der Waals surface area contributed by atoms with Crippen molar-refractivity contribution in [2.45, 2.75) is 32.1 Å². The fourth-order valence-electron chi connectivity index (χ4n) is 3.01. The third kappa shape index (κ3) is 2.67. The third-order valence-electron chi connectivity index (χ3n) is 4.16. The lowest BCUT2D eigenvalue weighted by Gasteiger charge is -2.26.